The molecule has 0 aromatic heterocycles. The first-order valence-electron chi connectivity index (χ1n) is 10.3. The number of amidine groups is 1. The molecule has 170 valence electrons. The SMILES string of the molecule is CCOCCCNC(=O)c1cccc(NC(=O)[C@H](C)N=C2NS(=O)(=O)c3ccccc32)c1. The summed E-state index contributed by atoms with van der Waals surface area (Å²) in [6, 6.07) is 12.1. The van der Waals surface area contributed by atoms with Crippen LogP contribution in [0.15, 0.2) is 58.4 Å². The number of fused-ring (bicyclic) bond motifs is 1. The van der Waals surface area contributed by atoms with Crippen molar-refractivity contribution < 1.29 is 22.7 Å². The molecule has 1 atom stereocenters. The van der Waals surface area contributed by atoms with Crippen LogP contribution in [-0.4, -0.2) is 51.9 Å². The van der Waals surface area contributed by atoms with E-state index in [-0.39, 0.29) is 16.6 Å². The van der Waals surface area contributed by atoms with Gasteiger partial charge in [-0.3, -0.25) is 19.3 Å². The van der Waals surface area contributed by atoms with Crippen molar-refractivity contribution in [3.05, 3.63) is 59.7 Å². The van der Waals surface area contributed by atoms with Crippen LogP contribution in [0, 0.1) is 0 Å². The van der Waals surface area contributed by atoms with E-state index in [1.165, 1.54) is 6.07 Å². The third-order valence-corrected chi connectivity index (χ3v) is 6.11. The van der Waals surface area contributed by atoms with Crippen LogP contribution < -0.4 is 15.4 Å². The summed E-state index contributed by atoms with van der Waals surface area (Å²) >= 11 is 0. The molecule has 3 rings (SSSR count). The van der Waals surface area contributed by atoms with Crippen molar-refractivity contribution >= 4 is 33.4 Å². The molecule has 1 heterocycles. The molecule has 0 fully saturated rings. The number of hydrogen-bond acceptors (Lipinski definition) is 6. The number of aliphatic imine (C=N–C) groups is 1. The maximum absolute atomic E-state index is 12.6. The summed E-state index contributed by atoms with van der Waals surface area (Å²) in [6.45, 7) is 5.18. The Morgan fingerprint density at radius 1 is 1.16 bits per heavy atom. The number of carbonyl (C=O) groups excluding carboxylic acids is 2. The average molecular weight is 459 g/mol. The molecule has 2 aromatic carbocycles. The second-order valence-electron chi connectivity index (χ2n) is 7.13. The largest absolute Gasteiger partial charge is 0.382 e. The zero-order valence-electron chi connectivity index (χ0n) is 17.9. The number of ether oxygens (including phenoxy) is 1. The predicted molar refractivity (Wildman–Crippen MR) is 121 cm³/mol. The summed E-state index contributed by atoms with van der Waals surface area (Å²) < 4.78 is 32.0. The molecule has 2 aromatic rings. The van der Waals surface area contributed by atoms with Gasteiger partial charge in [-0.2, -0.15) is 0 Å². The van der Waals surface area contributed by atoms with Gasteiger partial charge in [0.25, 0.3) is 15.9 Å². The summed E-state index contributed by atoms with van der Waals surface area (Å²) in [6.07, 6.45) is 0.709. The molecule has 9 nitrogen and oxygen atoms in total. The fourth-order valence-electron chi connectivity index (χ4n) is 3.09. The third-order valence-electron chi connectivity index (χ3n) is 4.71. The number of benzene rings is 2. The Morgan fingerprint density at radius 2 is 1.94 bits per heavy atom. The second kappa shape index (κ2) is 10.4. The number of carbonyl (C=O) groups is 2. The standard InChI is InChI=1S/C22H26N4O5S/c1-3-31-13-7-12-23-22(28)16-8-6-9-17(14-16)25-21(27)15(2)24-20-18-10-4-5-11-19(18)32(29,30)26-20/h4-6,8-11,14-15H,3,7,12-13H2,1-2H3,(H,23,28)(H,24,26)(H,25,27)/t15-/m0/s1. The number of hydrogen-bond donors (Lipinski definition) is 3. The highest BCUT2D eigenvalue weighted by atomic mass is 32.2. The molecule has 0 spiro atoms. The van der Waals surface area contributed by atoms with Crippen LogP contribution in [0.2, 0.25) is 0 Å². The van der Waals surface area contributed by atoms with Crippen LogP contribution in [0.4, 0.5) is 5.69 Å². The molecule has 0 unspecified atom stereocenters. The van der Waals surface area contributed by atoms with Gasteiger partial charge in [0, 0.05) is 36.6 Å². The first-order chi connectivity index (χ1) is 15.3. The van der Waals surface area contributed by atoms with Crippen molar-refractivity contribution in [1.29, 1.82) is 0 Å². The molecule has 2 amide bonds. The Labute approximate surface area is 187 Å². The lowest BCUT2D eigenvalue weighted by Gasteiger charge is -2.11. The fraction of sp³-hybridized carbons (Fsp3) is 0.318. The molecular weight excluding hydrogens is 432 g/mol. The van der Waals surface area contributed by atoms with E-state index in [4.69, 9.17) is 4.74 Å². The lowest BCUT2D eigenvalue weighted by atomic mass is 10.1. The van der Waals surface area contributed by atoms with E-state index in [0.717, 1.165) is 0 Å². The minimum atomic E-state index is -3.68. The summed E-state index contributed by atoms with van der Waals surface area (Å²) in [4.78, 5) is 29.3. The number of anilines is 1. The van der Waals surface area contributed by atoms with Gasteiger partial charge < -0.3 is 15.4 Å². The van der Waals surface area contributed by atoms with Gasteiger partial charge in [-0.1, -0.05) is 18.2 Å². The Morgan fingerprint density at radius 3 is 2.72 bits per heavy atom. The molecule has 32 heavy (non-hydrogen) atoms. The number of nitrogens with one attached hydrogen (secondary N) is 3. The number of rotatable bonds is 9. The molecule has 0 bridgehead atoms. The zero-order chi connectivity index (χ0) is 23.1. The average Bonchev–Trinajstić information content (AvgIpc) is 3.03. The molecule has 0 radical (unpaired) electrons. The zero-order valence-corrected chi connectivity index (χ0v) is 18.7. The van der Waals surface area contributed by atoms with Crippen molar-refractivity contribution in [2.45, 2.75) is 31.2 Å². The van der Waals surface area contributed by atoms with Gasteiger partial charge in [-0.05, 0) is 50.6 Å². The summed E-state index contributed by atoms with van der Waals surface area (Å²) in [5.41, 5.74) is 1.28. The fourth-order valence-corrected chi connectivity index (χ4v) is 4.33. The van der Waals surface area contributed by atoms with Crippen LogP contribution >= 0.6 is 0 Å². The Hall–Kier alpha value is -3.24. The van der Waals surface area contributed by atoms with E-state index in [0.29, 0.717) is 43.0 Å². The van der Waals surface area contributed by atoms with Crippen LogP contribution in [0.1, 0.15) is 36.2 Å². The van der Waals surface area contributed by atoms with E-state index in [2.05, 4.69) is 20.3 Å². The van der Waals surface area contributed by atoms with Gasteiger partial charge in [-0.15, -0.1) is 0 Å². The van der Waals surface area contributed by atoms with Crippen LogP contribution in [0.5, 0.6) is 0 Å². The van der Waals surface area contributed by atoms with Gasteiger partial charge in [0.15, 0.2) is 0 Å². The Bertz CT molecular complexity index is 1130. The van der Waals surface area contributed by atoms with Gasteiger partial charge in [0.05, 0.1) is 4.90 Å². The highest BCUT2D eigenvalue weighted by Gasteiger charge is 2.31. The van der Waals surface area contributed by atoms with Gasteiger partial charge in [0.1, 0.15) is 11.9 Å². The molecular formula is C22H26N4O5S. The Kier molecular flexibility index (Phi) is 7.60. The van der Waals surface area contributed by atoms with Crippen LogP contribution in [0.3, 0.4) is 0 Å². The highest BCUT2D eigenvalue weighted by Crippen LogP contribution is 2.22. The van der Waals surface area contributed by atoms with Crippen LogP contribution in [0.25, 0.3) is 0 Å². The summed E-state index contributed by atoms with van der Waals surface area (Å²) in [7, 11) is -3.68. The lowest BCUT2D eigenvalue weighted by Crippen LogP contribution is -2.29. The maximum atomic E-state index is 12.6. The van der Waals surface area contributed by atoms with Crippen molar-refractivity contribution in [1.82, 2.24) is 10.0 Å². The topological polar surface area (TPSA) is 126 Å². The van der Waals surface area contributed by atoms with Gasteiger partial charge in [-0.25, -0.2) is 8.42 Å². The normalized spacial score (nSPS) is 16.1. The number of nitrogens with zero attached hydrogens (tertiary/aromatic N) is 1. The lowest BCUT2D eigenvalue weighted by molar-refractivity contribution is -0.117. The third kappa shape index (κ3) is 5.71. The minimum absolute atomic E-state index is 0.128. The molecule has 3 N–H and O–H groups in total. The predicted octanol–water partition coefficient (Wildman–Crippen LogP) is 1.91. The smallest absolute Gasteiger partial charge is 0.263 e. The van der Waals surface area contributed by atoms with E-state index in [1.54, 1.807) is 49.4 Å². The summed E-state index contributed by atoms with van der Waals surface area (Å²) in [5, 5.41) is 5.52. The van der Waals surface area contributed by atoms with E-state index in [1.807, 2.05) is 6.92 Å². The van der Waals surface area contributed by atoms with E-state index >= 15 is 0 Å². The molecule has 1 aliphatic heterocycles. The maximum Gasteiger partial charge on any atom is 0.263 e. The molecule has 0 aliphatic carbocycles. The van der Waals surface area contributed by atoms with Crippen LogP contribution in [-0.2, 0) is 19.6 Å². The van der Waals surface area contributed by atoms with Gasteiger partial charge in [0.2, 0.25) is 5.91 Å². The number of sulfonamides is 1. The first kappa shape index (κ1) is 23.4. The van der Waals surface area contributed by atoms with E-state index in [9.17, 15) is 18.0 Å². The molecule has 0 saturated heterocycles. The van der Waals surface area contributed by atoms with Crippen molar-refractivity contribution in [2.75, 3.05) is 25.1 Å². The molecule has 0 saturated carbocycles. The van der Waals surface area contributed by atoms with E-state index < -0.39 is 22.0 Å². The van der Waals surface area contributed by atoms with Crippen molar-refractivity contribution in [2.24, 2.45) is 4.99 Å². The Balaban J connectivity index is 1.63. The molecule has 1 aliphatic rings. The quantitative estimate of drug-likeness (QED) is 0.495. The number of amides is 2. The highest BCUT2D eigenvalue weighted by molar-refractivity contribution is 7.90. The first-order valence-corrected chi connectivity index (χ1v) is 11.8. The van der Waals surface area contributed by atoms with Crippen molar-refractivity contribution in [3.63, 3.8) is 0 Å². The minimum Gasteiger partial charge on any atom is -0.382 e. The summed E-state index contributed by atoms with van der Waals surface area (Å²) in [5.74, 6) is -0.554. The monoisotopic (exact) mass is 458 g/mol. The molecule has 10 heteroatoms. The van der Waals surface area contributed by atoms with Crippen molar-refractivity contribution in [3.8, 4) is 0 Å². The second-order valence-corrected chi connectivity index (χ2v) is 8.78. The van der Waals surface area contributed by atoms with Gasteiger partial charge >= 0.3 is 0 Å².